The molecule has 0 bridgehead atoms. The molecule has 1 unspecified atom stereocenters. The van der Waals surface area contributed by atoms with E-state index in [4.69, 9.17) is 4.74 Å². The Balaban J connectivity index is 2.65. The zero-order chi connectivity index (χ0) is 24.1. The molecule has 10 heteroatoms. The van der Waals surface area contributed by atoms with E-state index >= 15 is 0 Å². The Morgan fingerprint density at radius 3 is 2.44 bits per heavy atom. The normalized spacial score (nSPS) is 12.7. The van der Waals surface area contributed by atoms with Gasteiger partial charge in [0, 0.05) is 5.56 Å². The van der Waals surface area contributed by atoms with Gasteiger partial charge in [-0.25, -0.2) is 13.4 Å². The highest BCUT2D eigenvalue weighted by Crippen LogP contribution is 2.31. The molecule has 0 radical (unpaired) electrons. The first-order valence-electron chi connectivity index (χ1n) is 10.7. The maximum Gasteiger partial charge on any atom is 0.322 e. The Morgan fingerprint density at radius 1 is 1.22 bits per heavy atom. The third-order valence-corrected chi connectivity index (χ3v) is 6.42. The molecule has 3 N–H and O–H groups in total. The SMILES string of the molecule is CCCOc1ccc(S(=O)(=O)NC(C(=O)O)C(C)C)cc1-c1nc(CC)c(CC)c(=O)[nH]1. The largest absolute Gasteiger partial charge is 0.493 e. The third kappa shape index (κ3) is 5.74. The zero-order valence-electron chi connectivity index (χ0n) is 19.1. The predicted octanol–water partition coefficient (Wildman–Crippen LogP) is 2.74. The van der Waals surface area contributed by atoms with Gasteiger partial charge < -0.3 is 14.8 Å². The first kappa shape index (κ1) is 25.5. The number of sulfonamides is 1. The Labute approximate surface area is 188 Å². The third-order valence-electron chi connectivity index (χ3n) is 4.98. The van der Waals surface area contributed by atoms with Crippen LogP contribution in [0.4, 0.5) is 0 Å². The summed E-state index contributed by atoms with van der Waals surface area (Å²) < 4.78 is 33.9. The van der Waals surface area contributed by atoms with Crippen molar-refractivity contribution >= 4 is 16.0 Å². The highest BCUT2D eigenvalue weighted by atomic mass is 32.2. The van der Waals surface area contributed by atoms with E-state index in [0.717, 1.165) is 6.42 Å². The average Bonchev–Trinajstić information content (AvgIpc) is 2.74. The molecule has 1 aromatic heterocycles. The number of hydrogen-bond acceptors (Lipinski definition) is 6. The van der Waals surface area contributed by atoms with Crippen LogP contribution in [0.25, 0.3) is 11.4 Å². The number of carboxylic acid groups (broad SMARTS) is 1. The van der Waals surface area contributed by atoms with Crippen molar-refractivity contribution in [1.82, 2.24) is 14.7 Å². The molecule has 0 aliphatic rings. The fourth-order valence-electron chi connectivity index (χ4n) is 3.24. The van der Waals surface area contributed by atoms with Gasteiger partial charge >= 0.3 is 5.97 Å². The smallest absolute Gasteiger partial charge is 0.322 e. The summed E-state index contributed by atoms with van der Waals surface area (Å²) in [6.07, 6.45) is 1.79. The molecule has 1 aromatic carbocycles. The van der Waals surface area contributed by atoms with Crippen LogP contribution in [0.1, 0.15) is 52.3 Å². The topological polar surface area (TPSA) is 138 Å². The van der Waals surface area contributed by atoms with Crippen molar-refractivity contribution in [2.24, 2.45) is 5.92 Å². The molecule has 176 valence electrons. The number of aliphatic carboxylic acids is 1. The molecule has 0 saturated carbocycles. The van der Waals surface area contributed by atoms with Crippen molar-refractivity contribution in [1.29, 1.82) is 0 Å². The molecule has 1 heterocycles. The van der Waals surface area contributed by atoms with Crippen LogP contribution in [0.2, 0.25) is 0 Å². The molecule has 2 aromatic rings. The summed E-state index contributed by atoms with van der Waals surface area (Å²) in [6, 6.07) is 2.89. The summed E-state index contributed by atoms with van der Waals surface area (Å²) in [5.41, 5.74) is 1.24. The van der Waals surface area contributed by atoms with E-state index in [1.807, 2.05) is 20.8 Å². The van der Waals surface area contributed by atoms with Gasteiger partial charge in [0.05, 0.1) is 22.8 Å². The number of aromatic nitrogens is 2. The second-order valence-corrected chi connectivity index (χ2v) is 9.45. The quantitative estimate of drug-likeness (QED) is 0.464. The van der Waals surface area contributed by atoms with Crippen LogP contribution >= 0.6 is 0 Å². The summed E-state index contributed by atoms with van der Waals surface area (Å²) in [5.74, 6) is -1.15. The molecule has 1 atom stereocenters. The average molecular weight is 466 g/mol. The van der Waals surface area contributed by atoms with Crippen LogP contribution in [0, 0.1) is 5.92 Å². The lowest BCUT2D eigenvalue weighted by Gasteiger charge is -2.19. The number of benzene rings is 1. The molecule has 0 aliphatic heterocycles. The van der Waals surface area contributed by atoms with Crippen molar-refractivity contribution in [3.05, 3.63) is 39.8 Å². The zero-order valence-corrected chi connectivity index (χ0v) is 19.9. The van der Waals surface area contributed by atoms with E-state index in [0.29, 0.717) is 42.0 Å². The van der Waals surface area contributed by atoms with E-state index < -0.39 is 28.0 Å². The summed E-state index contributed by atoms with van der Waals surface area (Å²) in [5, 5.41) is 9.37. The molecule has 0 fully saturated rings. The van der Waals surface area contributed by atoms with E-state index in [-0.39, 0.29) is 16.3 Å². The maximum atomic E-state index is 12.9. The highest BCUT2D eigenvalue weighted by molar-refractivity contribution is 7.89. The minimum atomic E-state index is -4.16. The van der Waals surface area contributed by atoms with E-state index in [2.05, 4.69) is 14.7 Å². The predicted molar refractivity (Wildman–Crippen MR) is 121 cm³/mol. The summed E-state index contributed by atoms with van der Waals surface area (Å²) in [7, 11) is -4.16. The van der Waals surface area contributed by atoms with Gasteiger partial charge in [-0.1, -0.05) is 34.6 Å². The lowest BCUT2D eigenvalue weighted by molar-refractivity contribution is -0.140. The van der Waals surface area contributed by atoms with Gasteiger partial charge in [-0.2, -0.15) is 4.72 Å². The molecular formula is C22H31N3O6S. The fraction of sp³-hybridized carbons (Fsp3) is 0.500. The standard InChI is InChI=1S/C22H31N3O6S/c1-6-11-31-18-10-9-14(32(29,30)25-19(13(4)5)22(27)28)12-16(18)20-23-17(8-3)15(7-2)21(26)24-20/h9-10,12-13,19,25H,6-8,11H2,1-5H3,(H,27,28)(H,23,24,26). The van der Waals surface area contributed by atoms with Crippen molar-refractivity contribution < 1.29 is 23.1 Å². The number of ether oxygens (including phenoxy) is 1. The number of aryl methyl sites for hydroxylation is 1. The van der Waals surface area contributed by atoms with Gasteiger partial charge in [0.25, 0.3) is 5.56 Å². The molecule has 9 nitrogen and oxygen atoms in total. The monoisotopic (exact) mass is 465 g/mol. The number of rotatable bonds is 11. The van der Waals surface area contributed by atoms with Crippen LogP contribution in [0.15, 0.2) is 27.9 Å². The van der Waals surface area contributed by atoms with Gasteiger partial charge in [-0.15, -0.1) is 0 Å². The summed E-state index contributed by atoms with van der Waals surface area (Å²) in [4.78, 5) is 31.2. The van der Waals surface area contributed by atoms with Crippen LogP contribution in [-0.2, 0) is 27.7 Å². The Morgan fingerprint density at radius 2 is 1.91 bits per heavy atom. The van der Waals surface area contributed by atoms with Crippen LogP contribution in [0.5, 0.6) is 5.75 Å². The lowest BCUT2D eigenvalue weighted by Crippen LogP contribution is -2.44. The Kier molecular flexibility index (Phi) is 8.57. The van der Waals surface area contributed by atoms with Crippen LogP contribution < -0.4 is 15.0 Å². The van der Waals surface area contributed by atoms with Gasteiger partial charge in [0.15, 0.2) is 0 Å². The minimum absolute atomic E-state index is 0.150. The molecular weight excluding hydrogens is 434 g/mol. The molecule has 2 rings (SSSR count). The Bertz CT molecular complexity index is 1120. The number of carboxylic acids is 1. The Hall–Kier alpha value is -2.72. The number of aromatic amines is 1. The molecule has 0 amide bonds. The lowest BCUT2D eigenvalue weighted by atomic mass is 10.1. The maximum absolute atomic E-state index is 12.9. The number of nitrogens with one attached hydrogen (secondary N) is 2. The molecule has 0 spiro atoms. The van der Waals surface area contributed by atoms with Crippen LogP contribution in [-0.4, -0.2) is 42.1 Å². The number of nitrogens with zero attached hydrogens (tertiary/aromatic N) is 1. The molecule has 0 saturated heterocycles. The molecule has 32 heavy (non-hydrogen) atoms. The number of hydrogen-bond donors (Lipinski definition) is 3. The van der Waals surface area contributed by atoms with E-state index in [1.165, 1.54) is 18.2 Å². The number of H-pyrrole nitrogens is 1. The van der Waals surface area contributed by atoms with Crippen LogP contribution in [0.3, 0.4) is 0 Å². The van der Waals surface area contributed by atoms with Crippen molar-refractivity contribution in [2.45, 2.75) is 64.8 Å². The first-order chi connectivity index (χ1) is 15.0. The van der Waals surface area contributed by atoms with Gasteiger partial charge in [0.1, 0.15) is 17.6 Å². The van der Waals surface area contributed by atoms with E-state index in [9.17, 15) is 23.1 Å². The van der Waals surface area contributed by atoms with Gasteiger partial charge in [0.2, 0.25) is 10.0 Å². The second kappa shape index (κ2) is 10.7. The summed E-state index contributed by atoms with van der Waals surface area (Å²) >= 11 is 0. The highest BCUT2D eigenvalue weighted by Gasteiger charge is 2.29. The summed E-state index contributed by atoms with van der Waals surface area (Å²) in [6.45, 7) is 9.32. The van der Waals surface area contributed by atoms with Crippen molar-refractivity contribution in [2.75, 3.05) is 6.61 Å². The fourth-order valence-corrected chi connectivity index (χ4v) is 4.60. The second-order valence-electron chi connectivity index (χ2n) is 7.73. The van der Waals surface area contributed by atoms with Gasteiger partial charge in [-0.05, 0) is 43.4 Å². The number of carbonyl (C=O) groups is 1. The first-order valence-corrected chi connectivity index (χ1v) is 12.2. The molecule has 0 aliphatic carbocycles. The van der Waals surface area contributed by atoms with Gasteiger partial charge in [-0.3, -0.25) is 9.59 Å². The minimum Gasteiger partial charge on any atom is -0.493 e. The van der Waals surface area contributed by atoms with Crippen molar-refractivity contribution in [3.63, 3.8) is 0 Å². The van der Waals surface area contributed by atoms with E-state index in [1.54, 1.807) is 13.8 Å². The van der Waals surface area contributed by atoms with Crippen molar-refractivity contribution in [3.8, 4) is 17.1 Å².